The molecule has 0 spiro atoms. The van der Waals surface area contributed by atoms with Crippen molar-refractivity contribution in [2.24, 2.45) is 0 Å². The highest BCUT2D eigenvalue weighted by Gasteiger charge is 2.33. The fourth-order valence-corrected chi connectivity index (χ4v) is 4.59. The summed E-state index contributed by atoms with van der Waals surface area (Å²) in [5.74, 6) is -1.92. The molecular formula is C24H16F3N3O5S. The number of halogens is 3. The largest absolute Gasteiger partial charge is 0.494 e. The van der Waals surface area contributed by atoms with Gasteiger partial charge in [-0.1, -0.05) is 18.2 Å². The third-order valence-electron chi connectivity index (χ3n) is 5.18. The van der Waals surface area contributed by atoms with Crippen molar-refractivity contribution in [2.45, 2.75) is 12.7 Å². The Hall–Kier alpha value is -4.32. The number of carboxylic acids is 1. The molecule has 0 saturated carbocycles. The maximum atomic E-state index is 13.2. The van der Waals surface area contributed by atoms with Crippen molar-refractivity contribution < 1.29 is 37.4 Å². The van der Waals surface area contributed by atoms with E-state index in [9.17, 15) is 32.7 Å². The minimum absolute atomic E-state index is 0.0766. The quantitative estimate of drug-likeness (QED) is 0.349. The van der Waals surface area contributed by atoms with Gasteiger partial charge in [-0.2, -0.15) is 13.2 Å². The number of carbonyl (C=O) groups is 3. The van der Waals surface area contributed by atoms with Crippen LogP contribution in [0, 0.1) is 0 Å². The molecule has 2 amide bonds. The standard InChI is InChI=1S/C24H16F3N3O5S/c1-35-16-9-7-15(14-8-10-18(24(25,26)27)28-19(14)16)21-29-20(23(33)34)17(36-21)11-30(12-31)22(32)13-5-3-2-4-6-13/h2-10,12H,11H2,1H3,(H,33,34). The second kappa shape index (κ2) is 9.74. The predicted octanol–water partition coefficient (Wildman–Crippen LogP) is 4.88. The number of aromatic carboxylic acids is 1. The molecule has 4 rings (SSSR count). The van der Waals surface area contributed by atoms with Crippen LogP contribution in [0.1, 0.15) is 31.4 Å². The van der Waals surface area contributed by atoms with Gasteiger partial charge >= 0.3 is 12.1 Å². The molecule has 8 nitrogen and oxygen atoms in total. The van der Waals surface area contributed by atoms with Crippen molar-refractivity contribution in [3.05, 3.63) is 76.4 Å². The number of rotatable bonds is 7. The average Bonchev–Trinajstić information content (AvgIpc) is 3.29. The van der Waals surface area contributed by atoms with Crippen molar-refractivity contribution >= 4 is 40.5 Å². The Labute approximate surface area is 205 Å². The van der Waals surface area contributed by atoms with Crippen molar-refractivity contribution in [3.63, 3.8) is 0 Å². The molecule has 0 atom stereocenters. The van der Waals surface area contributed by atoms with Crippen LogP contribution in [0.25, 0.3) is 21.5 Å². The van der Waals surface area contributed by atoms with Gasteiger partial charge in [0.1, 0.15) is 22.0 Å². The first-order valence-corrected chi connectivity index (χ1v) is 11.0. The molecule has 0 aliphatic carbocycles. The van der Waals surface area contributed by atoms with E-state index in [0.29, 0.717) is 12.0 Å². The Kier molecular flexibility index (Phi) is 6.71. The molecule has 1 N–H and O–H groups in total. The number of pyridine rings is 1. The summed E-state index contributed by atoms with van der Waals surface area (Å²) in [5, 5.41) is 10.1. The number of ether oxygens (including phenoxy) is 1. The van der Waals surface area contributed by atoms with Crippen molar-refractivity contribution in [2.75, 3.05) is 7.11 Å². The molecule has 4 aromatic rings. The first-order valence-electron chi connectivity index (χ1n) is 10.2. The number of methoxy groups -OCH3 is 1. The third kappa shape index (κ3) is 4.75. The maximum absolute atomic E-state index is 13.2. The first kappa shape index (κ1) is 24.8. The number of imide groups is 1. The van der Waals surface area contributed by atoms with Gasteiger partial charge in [-0.05, 0) is 36.4 Å². The van der Waals surface area contributed by atoms with Crippen molar-refractivity contribution in [1.82, 2.24) is 14.9 Å². The van der Waals surface area contributed by atoms with Crippen LogP contribution in [0.4, 0.5) is 13.2 Å². The Morgan fingerprint density at radius 3 is 2.42 bits per heavy atom. The fraction of sp³-hybridized carbons (Fsp3) is 0.125. The highest BCUT2D eigenvalue weighted by molar-refractivity contribution is 7.15. The van der Waals surface area contributed by atoms with Gasteiger partial charge in [-0.25, -0.2) is 14.8 Å². The smallest absolute Gasteiger partial charge is 0.433 e. The van der Waals surface area contributed by atoms with Gasteiger partial charge in [0.05, 0.1) is 18.5 Å². The van der Waals surface area contributed by atoms with E-state index in [4.69, 9.17) is 4.74 Å². The van der Waals surface area contributed by atoms with Crippen LogP contribution in [0.5, 0.6) is 5.75 Å². The number of fused-ring (bicyclic) bond motifs is 1. The number of alkyl halides is 3. The number of aromatic nitrogens is 2. The maximum Gasteiger partial charge on any atom is 0.433 e. The molecule has 2 aromatic heterocycles. The topological polar surface area (TPSA) is 110 Å². The lowest BCUT2D eigenvalue weighted by atomic mass is 10.1. The van der Waals surface area contributed by atoms with Gasteiger partial charge in [0, 0.05) is 16.5 Å². The fourth-order valence-electron chi connectivity index (χ4n) is 3.50. The zero-order chi connectivity index (χ0) is 26.0. The number of thiazole rings is 1. The molecule has 2 aromatic carbocycles. The normalized spacial score (nSPS) is 11.3. The minimum Gasteiger partial charge on any atom is -0.494 e. The lowest BCUT2D eigenvalue weighted by molar-refractivity contribution is -0.141. The van der Waals surface area contributed by atoms with E-state index in [1.807, 2.05) is 0 Å². The number of nitrogens with zero attached hydrogens (tertiary/aromatic N) is 3. The average molecular weight is 515 g/mol. The van der Waals surface area contributed by atoms with Crippen molar-refractivity contribution in [1.29, 1.82) is 0 Å². The monoisotopic (exact) mass is 515 g/mol. The molecule has 184 valence electrons. The van der Waals surface area contributed by atoms with E-state index in [1.165, 1.54) is 37.4 Å². The number of carboxylic acid groups (broad SMARTS) is 1. The van der Waals surface area contributed by atoms with Gasteiger partial charge in [-0.3, -0.25) is 14.5 Å². The molecule has 36 heavy (non-hydrogen) atoms. The minimum atomic E-state index is -4.68. The van der Waals surface area contributed by atoms with E-state index in [1.54, 1.807) is 18.2 Å². The molecule has 2 heterocycles. The zero-order valence-electron chi connectivity index (χ0n) is 18.4. The van der Waals surface area contributed by atoms with Crippen LogP contribution in [0.2, 0.25) is 0 Å². The summed E-state index contributed by atoms with van der Waals surface area (Å²) in [6.07, 6.45) is -4.38. The summed E-state index contributed by atoms with van der Waals surface area (Å²) in [5.41, 5.74) is -1.02. The summed E-state index contributed by atoms with van der Waals surface area (Å²) in [7, 11) is 1.29. The molecule has 0 fully saturated rings. The lowest BCUT2D eigenvalue weighted by Crippen LogP contribution is -2.29. The summed E-state index contributed by atoms with van der Waals surface area (Å²) in [6.45, 7) is -0.360. The van der Waals surface area contributed by atoms with Crippen LogP contribution < -0.4 is 4.74 Å². The molecule has 12 heteroatoms. The molecular weight excluding hydrogens is 499 g/mol. The molecule has 0 unspecified atom stereocenters. The lowest BCUT2D eigenvalue weighted by Gasteiger charge is -2.14. The van der Waals surface area contributed by atoms with Crippen LogP contribution >= 0.6 is 11.3 Å². The Bertz CT molecular complexity index is 1470. The summed E-state index contributed by atoms with van der Waals surface area (Å²) in [6, 6.07) is 12.9. The Morgan fingerprint density at radius 1 is 1.08 bits per heavy atom. The van der Waals surface area contributed by atoms with Crippen molar-refractivity contribution in [3.8, 4) is 16.3 Å². The molecule has 0 radical (unpaired) electrons. The van der Waals surface area contributed by atoms with E-state index >= 15 is 0 Å². The summed E-state index contributed by atoms with van der Waals surface area (Å²) >= 11 is 0.900. The zero-order valence-corrected chi connectivity index (χ0v) is 19.3. The summed E-state index contributed by atoms with van der Waals surface area (Å²) < 4.78 is 44.8. The first-order chi connectivity index (χ1) is 17.1. The van der Waals surface area contributed by atoms with Gasteiger partial charge in [0.25, 0.3) is 5.91 Å². The van der Waals surface area contributed by atoms with E-state index < -0.39 is 23.7 Å². The molecule has 0 saturated heterocycles. The highest BCUT2D eigenvalue weighted by atomic mass is 32.1. The SMILES string of the molecule is COc1ccc(-c2nc(C(=O)O)c(CN(C=O)C(=O)c3ccccc3)s2)c2ccc(C(F)(F)F)nc12. The van der Waals surface area contributed by atoms with E-state index in [-0.39, 0.29) is 44.3 Å². The number of benzene rings is 2. The molecule has 0 aliphatic rings. The van der Waals surface area contributed by atoms with Crippen LogP contribution in [0.15, 0.2) is 54.6 Å². The second-order valence-electron chi connectivity index (χ2n) is 7.41. The van der Waals surface area contributed by atoms with Crippen LogP contribution in [-0.4, -0.2) is 45.4 Å². The highest BCUT2D eigenvalue weighted by Crippen LogP contribution is 2.39. The van der Waals surface area contributed by atoms with E-state index in [2.05, 4.69) is 9.97 Å². The Balaban J connectivity index is 1.79. The number of amides is 2. The van der Waals surface area contributed by atoms with Gasteiger partial charge in [0.2, 0.25) is 6.41 Å². The Morgan fingerprint density at radius 2 is 1.81 bits per heavy atom. The number of carbonyl (C=O) groups excluding carboxylic acids is 2. The van der Waals surface area contributed by atoms with Crippen LogP contribution in [-0.2, 0) is 17.5 Å². The van der Waals surface area contributed by atoms with Crippen LogP contribution in [0.3, 0.4) is 0 Å². The molecule has 0 bridgehead atoms. The van der Waals surface area contributed by atoms with E-state index in [0.717, 1.165) is 22.3 Å². The number of hydrogen-bond acceptors (Lipinski definition) is 7. The second-order valence-corrected chi connectivity index (χ2v) is 8.49. The van der Waals surface area contributed by atoms with Gasteiger partial charge in [-0.15, -0.1) is 11.3 Å². The third-order valence-corrected chi connectivity index (χ3v) is 6.26. The summed E-state index contributed by atoms with van der Waals surface area (Å²) in [4.78, 5) is 45.1. The number of hydrogen-bond donors (Lipinski definition) is 1. The van der Waals surface area contributed by atoms with Gasteiger partial charge < -0.3 is 9.84 Å². The molecule has 0 aliphatic heterocycles. The van der Waals surface area contributed by atoms with Gasteiger partial charge in [0.15, 0.2) is 5.69 Å². The predicted molar refractivity (Wildman–Crippen MR) is 124 cm³/mol.